The van der Waals surface area contributed by atoms with Gasteiger partial charge in [-0.2, -0.15) is 0 Å². The zero-order valence-corrected chi connectivity index (χ0v) is 33.4. The number of fused-ring (bicyclic) bond motifs is 1. The molecular formula is C40H56N4O8Si. The number of phenols is 1. The molecule has 3 aromatic rings. The Hall–Kier alpha value is -4.36. The normalized spacial score (nSPS) is 16.6. The molecule has 53 heavy (non-hydrogen) atoms. The maximum atomic E-state index is 13.9. The molecule has 2 aliphatic rings. The molecule has 1 atom stereocenters. The van der Waals surface area contributed by atoms with Crippen LogP contribution in [0.15, 0.2) is 59.4 Å². The number of carbonyl (C=O) groups excluding carboxylic acids is 3. The average Bonchev–Trinajstić information content (AvgIpc) is 3.06. The molecule has 2 aliphatic heterocycles. The minimum atomic E-state index is -2.42. The molecule has 0 saturated carbocycles. The third-order valence-electron chi connectivity index (χ3n) is 10.6. The number of hydrogen-bond acceptors (Lipinski definition) is 8. The van der Waals surface area contributed by atoms with E-state index in [1.54, 1.807) is 28.0 Å². The smallest absolute Gasteiger partial charge is 0.410 e. The molecule has 2 N–H and O–H groups in total. The van der Waals surface area contributed by atoms with Gasteiger partial charge in [-0.05, 0) is 80.9 Å². The molecule has 3 amide bonds. The van der Waals surface area contributed by atoms with Crippen molar-refractivity contribution in [1.82, 2.24) is 19.7 Å². The highest BCUT2D eigenvalue weighted by molar-refractivity contribution is 6.74. The molecule has 0 unspecified atom stereocenters. The summed E-state index contributed by atoms with van der Waals surface area (Å²) < 4.78 is 18.4. The van der Waals surface area contributed by atoms with Gasteiger partial charge in [0.2, 0.25) is 11.5 Å². The van der Waals surface area contributed by atoms with Gasteiger partial charge in [-0.3, -0.25) is 9.59 Å². The number of nitrogens with one attached hydrogen (secondary N) is 1. The Morgan fingerprint density at radius 1 is 0.943 bits per heavy atom. The van der Waals surface area contributed by atoms with E-state index in [1.165, 1.54) is 6.07 Å². The van der Waals surface area contributed by atoms with Crippen LogP contribution < -0.4 is 5.56 Å². The molecule has 1 aromatic heterocycles. The number of ether oxygens (including phenoxy) is 2. The third kappa shape index (κ3) is 9.99. The molecule has 13 heteroatoms. The van der Waals surface area contributed by atoms with Gasteiger partial charge in [-0.1, -0.05) is 57.2 Å². The summed E-state index contributed by atoms with van der Waals surface area (Å²) in [4.78, 5) is 60.0. The fourth-order valence-electron chi connectivity index (χ4n) is 6.52. The average molecular weight is 749 g/mol. The van der Waals surface area contributed by atoms with Crippen LogP contribution in [-0.2, 0) is 25.3 Å². The van der Waals surface area contributed by atoms with Crippen LogP contribution in [0.25, 0.3) is 10.9 Å². The first-order chi connectivity index (χ1) is 24.8. The minimum absolute atomic E-state index is 0.0413. The number of aromatic hydroxyl groups is 1. The maximum absolute atomic E-state index is 13.9. The van der Waals surface area contributed by atoms with E-state index in [9.17, 15) is 24.3 Å². The van der Waals surface area contributed by atoms with Gasteiger partial charge in [0.15, 0.2) is 8.32 Å². The lowest BCUT2D eigenvalue weighted by Crippen LogP contribution is -2.57. The third-order valence-corrected chi connectivity index (χ3v) is 15.1. The molecule has 5 rings (SSSR count). The summed E-state index contributed by atoms with van der Waals surface area (Å²) >= 11 is 0. The number of H-pyrrole nitrogens is 1. The zero-order chi connectivity index (χ0) is 38.7. The number of carbonyl (C=O) groups is 3. The van der Waals surface area contributed by atoms with E-state index in [2.05, 4.69) is 38.8 Å². The first kappa shape index (κ1) is 39.8. The van der Waals surface area contributed by atoms with Crippen molar-refractivity contribution in [3.05, 3.63) is 76.1 Å². The summed E-state index contributed by atoms with van der Waals surface area (Å²) in [7, 11) is -2.42. The number of benzene rings is 2. The van der Waals surface area contributed by atoms with Crippen molar-refractivity contribution in [2.24, 2.45) is 11.8 Å². The molecular weight excluding hydrogens is 693 g/mol. The number of aromatic nitrogens is 1. The maximum Gasteiger partial charge on any atom is 0.410 e. The van der Waals surface area contributed by atoms with Gasteiger partial charge >= 0.3 is 12.2 Å². The van der Waals surface area contributed by atoms with Crippen molar-refractivity contribution in [2.75, 3.05) is 39.3 Å². The van der Waals surface area contributed by atoms with E-state index in [-0.39, 0.29) is 47.2 Å². The Morgan fingerprint density at radius 2 is 1.60 bits per heavy atom. The van der Waals surface area contributed by atoms with Crippen LogP contribution in [0.3, 0.4) is 0 Å². The Bertz CT molecular complexity index is 1820. The molecule has 0 radical (unpaired) electrons. The van der Waals surface area contributed by atoms with Gasteiger partial charge in [-0.25, -0.2) is 9.59 Å². The fourth-order valence-corrected chi connectivity index (χ4v) is 7.79. The number of aromatic amines is 1. The Morgan fingerprint density at radius 3 is 2.23 bits per heavy atom. The molecule has 0 spiro atoms. The second-order valence-corrected chi connectivity index (χ2v) is 21.7. The topological polar surface area (TPSA) is 142 Å². The molecule has 2 fully saturated rings. The number of hydrogen-bond donors (Lipinski definition) is 2. The van der Waals surface area contributed by atoms with Gasteiger partial charge in [0.05, 0.1) is 24.1 Å². The number of likely N-dealkylation sites (tertiary alicyclic amines) is 2. The quantitative estimate of drug-likeness (QED) is 0.211. The van der Waals surface area contributed by atoms with Crippen LogP contribution in [0.1, 0.15) is 71.6 Å². The first-order valence-corrected chi connectivity index (χ1v) is 21.5. The lowest BCUT2D eigenvalue weighted by molar-refractivity contribution is -0.141. The summed E-state index contributed by atoms with van der Waals surface area (Å²) in [5, 5.41) is 11.2. The molecule has 12 nitrogen and oxygen atoms in total. The van der Waals surface area contributed by atoms with E-state index >= 15 is 0 Å². The standard InChI is InChI=1S/C40H56N4O8Si/c1-39(2,3)51-38(49)43(25-33(52-53(7,8)40(4,5)6)30-14-16-32(45)35-31(30)15-17-34(46)41-35)22-27-18-20-42(21-19-27)36(47)29-23-44(24-29)37(48)50-26-28-12-10-9-11-13-28/h9-17,27,29,33,45H,18-26H2,1-8H3,(H,41,46)/t33-/m0/s1. The first-order valence-electron chi connectivity index (χ1n) is 18.6. The molecule has 0 bridgehead atoms. The van der Waals surface area contributed by atoms with Gasteiger partial charge < -0.3 is 38.7 Å². The van der Waals surface area contributed by atoms with Crippen molar-refractivity contribution in [3.8, 4) is 5.75 Å². The van der Waals surface area contributed by atoms with E-state index < -0.39 is 32.2 Å². The number of rotatable bonds is 10. The van der Waals surface area contributed by atoms with Crippen LogP contribution in [-0.4, -0.2) is 96.1 Å². The van der Waals surface area contributed by atoms with E-state index in [1.807, 2.05) is 56.0 Å². The predicted octanol–water partition coefficient (Wildman–Crippen LogP) is 7.04. The van der Waals surface area contributed by atoms with Crippen LogP contribution >= 0.6 is 0 Å². The minimum Gasteiger partial charge on any atom is -0.506 e. The number of pyridine rings is 1. The zero-order valence-electron chi connectivity index (χ0n) is 32.4. The summed E-state index contributed by atoms with van der Waals surface area (Å²) in [5.74, 6) is -0.147. The second kappa shape index (κ2) is 15.9. The SMILES string of the molecule is CC(C)(C)OC(=O)N(CC1CCN(C(=O)C2CN(C(=O)OCc3ccccc3)C2)CC1)C[C@H](O[Si](C)(C)C(C)(C)C)c1ccc(O)c2[nH]c(=O)ccc12. The van der Waals surface area contributed by atoms with Crippen molar-refractivity contribution >= 4 is 37.3 Å². The van der Waals surface area contributed by atoms with Crippen molar-refractivity contribution in [1.29, 1.82) is 0 Å². The van der Waals surface area contributed by atoms with Crippen molar-refractivity contribution in [2.45, 2.75) is 90.8 Å². The fraction of sp³-hybridized carbons (Fsp3) is 0.550. The van der Waals surface area contributed by atoms with Crippen LogP contribution in [0, 0.1) is 11.8 Å². The van der Waals surface area contributed by atoms with Crippen LogP contribution in [0.2, 0.25) is 18.1 Å². The Labute approximate surface area is 313 Å². The van der Waals surface area contributed by atoms with Crippen LogP contribution in [0.5, 0.6) is 5.75 Å². The van der Waals surface area contributed by atoms with Gasteiger partial charge in [0.25, 0.3) is 0 Å². The summed E-state index contributed by atoms with van der Waals surface area (Å²) in [6.45, 7) is 18.9. The molecule has 0 aliphatic carbocycles. The highest BCUT2D eigenvalue weighted by atomic mass is 28.4. The van der Waals surface area contributed by atoms with Gasteiger partial charge in [0, 0.05) is 44.2 Å². The number of amides is 3. The number of phenolic OH excluding ortho intramolecular Hbond substituents is 1. The number of piperidine rings is 1. The lowest BCUT2D eigenvalue weighted by atomic mass is 9.93. The van der Waals surface area contributed by atoms with Gasteiger partial charge in [-0.15, -0.1) is 0 Å². The largest absolute Gasteiger partial charge is 0.506 e. The van der Waals surface area contributed by atoms with Crippen molar-refractivity contribution < 1.29 is 33.4 Å². The summed E-state index contributed by atoms with van der Waals surface area (Å²) in [5.41, 5.74) is 0.927. The Kier molecular flexibility index (Phi) is 12.0. The molecule has 288 valence electrons. The molecule has 2 aromatic carbocycles. The van der Waals surface area contributed by atoms with E-state index in [4.69, 9.17) is 13.9 Å². The predicted molar refractivity (Wildman–Crippen MR) is 206 cm³/mol. The lowest BCUT2D eigenvalue weighted by Gasteiger charge is -2.43. The Balaban J connectivity index is 1.27. The summed E-state index contributed by atoms with van der Waals surface area (Å²) in [6.07, 6.45) is -0.0385. The number of nitrogens with zero attached hydrogens (tertiary/aromatic N) is 3. The van der Waals surface area contributed by atoms with Crippen molar-refractivity contribution in [3.63, 3.8) is 0 Å². The van der Waals surface area contributed by atoms with Crippen LogP contribution in [0.4, 0.5) is 9.59 Å². The summed E-state index contributed by atoms with van der Waals surface area (Å²) in [6, 6.07) is 16.0. The molecule has 2 saturated heterocycles. The molecule has 3 heterocycles. The second-order valence-electron chi connectivity index (χ2n) is 16.9. The highest BCUT2D eigenvalue weighted by Crippen LogP contribution is 2.42. The monoisotopic (exact) mass is 748 g/mol. The highest BCUT2D eigenvalue weighted by Gasteiger charge is 2.42. The van der Waals surface area contributed by atoms with Gasteiger partial charge in [0.1, 0.15) is 18.0 Å². The van der Waals surface area contributed by atoms with E-state index in [0.717, 1.165) is 11.1 Å². The van der Waals surface area contributed by atoms with E-state index in [0.29, 0.717) is 56.5 Å².